The SMILES string of the molecule is CCOc1cc(=O)n(C)cc1-c1cc(CS(=O)(=O)CC)ccc1Oc1ccc(F)cc1F. The Labute approximate surface area is 185 Å². The molecule has 1 aromatic heterocycles. The van der Waals surface area contributed by atoms with Crippen molar-refractivity contribution in [1.82, 2.24) is 4.57 Å². The first kappa shape index (κ1) is 23.5. The van der Waals surface area contributed by atoms with Crippen LogP contribution in [0.5, 0.6) is 17.2 Å². The second-order valence-corrected chi connectivity index (χ2v) is 9.47. The molecule has 0 spiro atoms. The highest BCUT2D eigenvalue weighted by molar-refractivity contribution is 7.90. The number of aromatic nitrogens is 1. The zero-order chi connectivity index (χ0) is 23.5. The van der Waals surface area contributed by atoms with Gasteiger partial charge in [0, 0.05) is 42.3 Å². The van der Waals surface area contributed by atoms with Crippen molar-refractivity contribution in [2.75, 3.05) is 12.4 Å². The predicted octanol–water partition coefficient (Wildman–Crippen LogP) is 4.46. The van der Waals surface area contributed by atoms with Crippen LogP contribution in [0.2, 0.25) is 0 Å². The summed E-state index contributed by atoms with van der Waals surface area (Å²) in [5.74, 6) is -1.60. The number of nitrogens with zero attached hydrogens (tertiary/aromatic N) is 1. The maximum absolute atomic E-state index is 14.2. The van der Waals surface area contributed by atoms with Crippen molar-refractivity contribution in [1.29, 1.82) is 0 Å². The van der Waals surface area contributed by atoms with Crippen molar-refractivity contribution in [2.45, 2.75) is 19.6 Å². The van der Waals surface area contributed by atoms with Gasteiger partial charge in [0.05, 0.1) is 12.4 Å². The van der Waals surface area contributed by atoms with Crippen LogP contribution in [0.4, 0.5) is 8.78 Å². The van der Waals surface area contributed by atoms with Gasteiger partial charge in [-0.2, -0.15) is 0 Å². The lowest BCUT2D eigenvalue weighted by Crippen LogP contribution is -2.16. The number of hydrogen-bond acceptors (Lipinski definition) is 5. The first-order chi connectivity index (χ1) is 15.1. The molecule has 0 aliphatic carbocycles. The smallest absolute Gasteiger partial charge is 0.254 e. The molecule has 0 radical (unpaired) electrons. The lowest BCUT2D eigenvalue weighted by Gasteiger charge is -2.17. The summed E-state index contributed by atoms with van der Waals surface area (Å²) in [6.07, 6.45) is 1.54. The number of rotatable bonds is 8. The van der Waals surface area contributed by atoms with E-state index in [1.165, 1.54) is 22.9 Å². The van der Waals surface area contributed by atoms with Gasteiger partial charge < -0.3 is 14.0 Å². The first-order valence-corrected chi connectivity index (χ1v) is 11.8. The summed E-state index contributed by atoms with van der Waals surface area (Å²) in [7, 11) is -1.76. The molecule has 0 fully saturated rings. The largest absolute Gasteiger partial charge is 0.493 e. The summed E-state index contributed by atoms with van der Waals surface area (Å²) in [6.45, 7) is 3.61. The zero-order valence-electron chi connectivity index (χ0n) is 17.9. The minimum Gasteiger partial charge on any atom is -0.493 e. The van der Waals surface area contributed by atoms with Crippen molar-refractivity contribution in [3.05, 3.63) is 76.2 Å². The van der Waals surface area contributed by atoms with E-state index in [-0.39, 0.29) is 40.9 Å². The quantitative estimate of drug-likeness (QED) is 0.493. The fraction of sp³-hybridized carbons (Fsp3) is 0.261. The molecule has 0 aliphatic rings. The molecule has 0 saturated carbocycles. The molecule has 1 heterocycles. The minimum absolute atomic E-state index is 0.0224. The van der Waals surface area contributed by atoms with E-state index in [0.717, 1.165) is 12.1 Å². The van der Waals surface area contributed by atoms with Crippen molar-refractivity contribution >= 4 is 9.84 Å². The van der Waals surface area contributed by atoms with Gasteiger partial charge in [0.25, 0.3) is 5.56 Å². The topological polar surface area (TPSA) is 74.6 Å². The van der Waals surface area contributed by atoms with Crippen LogP contribution in [0.3, 0.4) is 0 Å². The number of pyridine rings is 1. The van der Waals surface area contributed by atoms with E-state index in [2.05, 4.69) is 0 Å². The van der Waals surface area contributed by atoms with Gasteiger partial charge in [0.15, 0.2) is 21.4 Å². The third-order valence-corrected chi connectivity index (χ3v) is 6.42. The van der Waals surface area contributed by atoms with E-state index >= 15 is 0 Å². The van der Waals surface area contributed by atoms with E-state index in [9.17, 15) is 22.0 Å². The van der Waals surface area contributed by atoms with Crippen LogP contribution in [0.25, 0.3) is 11.1 Å². The van der Waals surface area contributed by atoms with E-state index < -0.39 is 21.5 Å². The number of hydrogen-bond donors (Lipinski definition) is 0. The summed E-state index contributed by atoms with van der Waals surface area (Å²) >= 11 is 0. The van der Waals surface area contributed by atoms with Crippen molar-refractivity contribution in [2.24, 2.45) is 7.05 Å². The number of ether oxygens (including phenoxy) is 2. The normalized spacial score (nSPS) is 11.4. The van der Waals surface area contributed by atoms with E-state index in [1.807, 2.05) is 0 Å². The molecule has 0 N–H and O–H groups in total. The van der Waals surface area contributed by atoms with Crippen LogP contribution in [-0.4, -0.2) is 25.3 Å². The molecule has 170 valence electrons. The average molecular weight is 464 g/mol. The molecule has 32 heavy (non-hydrogen) atoms. The predicted molar refractivity (Wildman–Crippen MR) is 118 cm³/mol. The molecule has 0 atom stereocenters. The fourth-order valence-electron chi connectivity index (χ4n) is 3.09. The minimum atomic E-state index is -3.32. The highest BCUT2D eigenvalue weighted by Crippen LogP contribution is 2.39. The Balaban J connectivity index is 2.20. The van der Waals surface area contributed by atoms with Gasteiger partial charge in [-0.25, -0.2) is 17.2 Å². The fourth-order valence-corrected chi connectivity index (χ4v) is 3.98. The highest BCUT2D eigenvalue weighted by Gasteiger charge is 2.18. The number of halogens is 2. The number of sulfone groups is 1. The summed E-state index contributed by atoms with van der Waals surface area (Å²) in [5.41, 5.74) is 1.05. The molecule has 2 aromatic carbocycles. The van der Waals surface area contributed by atoms with Crippen LogP contribution in [0.1, 0.15) is 19.4 Å². The van der Waals surface area contributed by atoms with Gasteiger partial charge in [0.1, 0.15) is 17.3 Å². The molecule has 9 heteroatoms. The Hall–Kier alpha value is -3.20. The number of aryl methyl sites for hydroxylation is 1. The van der Waals surface area contributed by atoms with Gasteiger partial charge in [-0.3, -0.25) is 4.79 Å². The second kappa shape index (κ2) is 9.52. The van der Waals surface area contributed by atoms with E-state index in [0.29, 0.717) is 22.8 Å². The molecule has 0 saturated heterocycles. The Morgan fingerprint density at radius 2 is 1.66 bits per heavy atom. The lowest BCUT2D eigenvalue weighted by molar-refractivity contribution is 0.340. The van der Waals surface area contributed by atoms with Gasteiger partial charge in [-0.15, -0.1) is 0 Å². The standard InChI is InChI=1S/C23H23F2NO5S/c1-4-30-22-12-23(27)26(3)13-18(22)17-10-15(14-32(28,29)5-2)6-8-20(17)31-21-9-7-16(24)11-19(21)25/h6-13H,4-5,14H2,1-3H3. The first-order valence-electron chi connectivity index (χ1n) is 9.93. The van der Waals surface area contributed by atoms with Crippen molar-refractivity contribution < 1.29 is 26.7 Å². The third-order valence-electron chi connectivity index (χ3n) is 4.76. The van der Waals surface area contributed by atoms with Crippen LogP contribution in [0, 0.1) is 11.6 Å². The summed E-state index contributed by atoms with van der Waals surface area (Å²) < 4.78 is 64.5. The van der Waals surface area contributed by atoms with Gasteiger partial charge in [-0.1, -0.05) is 13.0 Å². The Bertz CT molecular complexity index is 1300. The monoisotopic (exact) mass is 463 g/mol. The molecule has 0 bridgehead atoms. The Morgan fingerprint density at radius 1 is 0.938 bits per heavy atom. The number of benzene rings is 2. The van der Waals surface area contributed by atoms with Crippen LogP contribution in [0.15, 0.2) is 53.5 Å². The van der Waals surface area contributed by atoms with Crippen LogP contribution in [-0.2, 0) is 22.6 Å². The van der Waals surface area contributed by atoms with Crippen molar-refractivity contribution in [3.8, 4) is 28.4 Å². The van der Waals surface area contributed by atoms with Gasteiger partial charge >= 0.3 is 0 Å². The molecule has 6 nitrogen and oxygen atoms in total. The summed E-state index contributed by atoms with van der Waals surface area (Å²) in [6, 6.07) is 8.93. The Kier molecular flexibility index (Phi) is 6.98. The summed E-state index contributed by atoms with van der Waals surface area (Å²) in [5, 5.41) is 0. The second-order valence-electron chi connectivity index (χ2n) is 7.12. The molecular weight excluding hydrogens is 440 g/mol. The average Bonchev–Trinajstić information content (AvgIpc) is 2.73. The molecule has 3 rings (SSSR count). The molecule has 0 amide bonds. The van der Waals surface area contributed by atoms with Gasteiger partial charge in [0.2, 0.25) is 0 Å². The molecular formula is C23H23F2NO5S. The Morgan fingerprint density at radius 3 is 2.31 bits per heavy atom. The van der Waals surface area contributed by atoms with Gasteiger partial charge in [-0.05, 0) is 36.8 Å². The lowest BCUT2D eigenvalue weighted by atomic mass is 10.0. The molecule has 0 aliphatic heterocycles. The molecule has 0 unspecified atom stereocenters. The maximum atomic E-state index is 14.2. The summed E-state index contributed by atoms with van der Waals surface area (Å²) in [4.78, 5) is 12.1. The van der Waals surface area contributed by atoms with E-state index in [1.54, 1.807) is 33.0 Å². The van der Waals surface area contributed by atoms with Crippen LogP contribution < -0.4 is 15.0 Å². The van der Waals surface area contributed by atoms with Crippen molar-refractivity contribution in [3.63, 3.8) is 0 Å². The molecule has 3 aromatic rings. The van der Waals surface area contributed by atoms with E-state index in [4.69, 9.17) is 9.47 Å². The van der Waals surface area contributed by atoms with Crippen LogP contribution >= 0.6 is 0 Å². The maximum Gasteiger partial charge on any atom is 0.254 e. The highest BCUT2D eigenvalue weighted by atomic mass is 32.2. The third kappa shape index (κ3) is 5.34. The zero-order valence-corrected chi connectivity index (χ0v) is 18.7.